The van der Waals surface area contributed by atoms with Crippen LogP contribution in [0.2, 0.25) is 5.02 Å². The molecule has 1 amide bonds. The van der Waals surface area contributed by atoms with Crippen LogP contribution >= 0.6 is 11.6 Å². The maximum absolute atomic E-state index is 12.1. The van der Waals surface area contributed by atoms with Crippen LogP contribution in [0.5, 0.6) is 5.75 Å². The molecule has 0 aromatic heterocycles. The minimum absolute atomic E-state index is 0.0329. The summed E-state index contributed by atoms with van der Waals surface area (Å²) in [6, 6.07) is 11.7. The molecule has 0 fully saturated rings. The first kappa shape index (κ1) is 12.5. The van der Waals surface area contributed by atoms with Gasteiger partial charge in [0.1, 0.15) is 5.75 Å². The highest BCUT2D eigenvalue weighted by Gasteiger charge is 2.12. The molecule has 0 atom stereocenters. The molecular formula is C14H12ClNO2. The first-order chi connectivity index (χ1) is 8.59. The fourth-order valence-electron chi connectivity index (χ4n) is 1.62. The normalized spacial score (nSPS) is 10.1. The highest BCUT2D eigenvalue weighted by Crippen LogP contribution is 2.24. The van der Waals surface area contributed by atoms with Crippen molar-refractivity contribution >= 4 is 23.2 Å². The molecule has 0 spiro atoms. The van der Waals surface area contributed by atoms with Gasteiger partial charge in [-0.1, -0.05) is 29.8 Å². The molecule has 0 aliphatic heterocycles. The Bertz CT molecular complexity index is 596. The van der Waals surface area contributed by atoms with Crippen LogP contribution in [0.25, 0.3) is 0 Å². The Balaban J connectivity index is 2.28. The lowest BCUT2D eigenvalue weighted by Crippen LogP contribution is -2.13. The third kappa shape index (κ3) is 2.46. The van der Waals surface area contributed by atoms with Gasteiger partial charge in [0.2, 0.25) is 0 Å². The lowest BCUT2D eigenvalue weighted by molar-refractivity contribution is 0.102. The summed E-state index contributed by atoms with van der Waals surface area (Å²) in [5.74, 6) is -0.262. The van der Waals surface area contributed by atoms with E-state index in [1.54, 1.807) is 43.3 Å². The van der Waals surface area contributed by atoms with E-state index in [9.17, 15) is 9.90 Å². The molecule has 0 saturated carbocycles. The number of carbonyl (C=O) groups excluding carboxylic acids is 1. The number of hydrogen-bond acceptors (Lipinski definition) is 2. The van der Waals surface area contributed by atoms with E-state index in [1.165, 1.54) is 6.07 Å². The average molecular weight is 262 g/mol. The van der Waals surface area contributed by atoms with Gasteiger partial charge in [0.05, 0.1) is 5.69 Å². The summed E-state index contributed by atoms with van der Waals surface area (Å²) in [4.78, 5) is 12.1. The van der Waals surface area contributed by atoms with Crippen LogP contribution in [-0.2, 0) is 0 Å². The number of para-hydroxylation sites is 2. The number of phenolic OH excluding ortho intramolecular Hbond substituents is 1. The van der Waals surface area contributed by atoms with Gasteiger partial charge in [-0.25, -0.2) is 0 Å². The number of anilines is 1. The Morgan fingerprint density at radius 2 is 1.89 bits per heavy atom. The van der Waals surface area contributed by atoms with Crippen LogP contribution in [0.4, 0.5) is 5.69 Å². The Hall–Kier alpha value is -2.00. The quantitative estimate of drug-likeness (QED) is 0.812. The van der Waals surface area contributed by atoms with Crippen LogP contribution in [-0.4, -0.2) is 11.0 Å². The van der Waals surface area contributed by atoms with E-state index in [0.717, 1.165) is 0 Å². The molecule has 2 rings (SSSR count). The molecular weight excluding hydrogens is 250 g/mol. The monoisotopic (exact) mass is 261 g/mol. The largest absolute Gasteiger partial charge is 0.506 e. The molecule has 0 unspecified atom stereocenters. The van der Waals surface area contributed by atoms with Gasteiger partial charge in [0, 0.05) is 10.6 Å². The summed E-state index contributed by atoms with van der Waals surface area (Å²) in [6.45, 7) is 1.78. The third-order valence-electron chi connectivity index (χ3n) is 2.66. The summed E-state index contributed by atoms with van der Waals surface area (Å²) in [5, 5.41) is 12.8. The Morgan fingerprint density at radius 3 is 2.61 bits per heavy atom. The number of amides is 1. The van der Waals surface area contributed by atoms with Crippen LogP contribution < -0.4 is 5.32 Å². The Morgan fingerprint density at radius 1 is 1.17 bits per heavy atom. The molecule has 0 heterocycles. The third-order valence-corrected chi connectivity index (χ3v) is 3.07. The van der Waals surface area contributed by atoms with E-state index in [4.69, 9.17) is 11.6 Å². The summed E-state index contributed by atoms with van der Waals surface area (Å²) in [5.41, 5.74) is 1.58. The standard InChI is InChI=1S/C14H12ClNO2/c1-9-10(5-4-6-11(9)15)14(18)16-12-7-2-3-8-13(12)17/h2-8,17H,1H3,(H,16,18). The molecule has 18 heavy (non-hydrogen) atoms. The number of benzene rings is 2. The van der Waals surface area contributed by atoms with E-state index >= 15 is 0 Å². The van der Waals surface area contributed by atoms with Gasteiger partial charge < -0.3 is 10.4 Å². The van der Waals surface area contributed by atoms with Crippen LogP contribution in [0.3, 0.4) is 0 Å². The molecule has 3 nitrogen and oxygen atoms in total. The second-order valence-electron chi connectivity index (χ2n) is 3.88. The minimum Gasteiger partial charge on any atom is -0.506 e. The van der Waals surface area contributed by atoms with Gasteiger partial charge in [0.15, 0.2) is 0 Å². The minimum atomic E-state index is -0.295. The van der Waals surface area contributed by atoms with E-state index in [2.05, 4.69) is 5.32 Å². The second-order valence-corrected chi connectivity index (χ2v) is 4.29. The highest BCUT2D eigenvalue weighted by molar-refractivity contribution is 6.32. The number of halogens is 1. The maximum Gasteiger partial charge on any atom is 0.256 e. The van der Waals surface area contributed by atoms with Gasteiger partial charge >= 0.3 is 0 Å². The number of carbonyl (C=O) groups is 1. The predicted octanol–water partition coefficient (Wildman–Crippen LogP) is 3.61. The zero-order valence-electron chi connectivity index (χ0n) is 9.77. The van der Waals surface area contributed by atoms with Crippen molar-refractivity contribution in [1.82, 2.24) is 0 Å². The fraction of sp³-hybridized carbons (Fsp3) is 0.0714. The summed E-state index contributed by atoms with van der Waals surface area (Å²) >= 11 is 5.96. The van der Waals surface area contributed by atoms with Crippen LogP contribution in [0, 0.1) is 6.92 Å². The number of nitrogens with one attached hydrogen (secondary N) is 1. The zero-order chi connectivity index (χ0) is 13.1. The number of rotatable bonds is 2. The topological polar surface area (TPSA) is 49.3 Å². The fourth-order valence-corrected chi connectivity index (χ4v) is 1.80. The number of aromatic hydroxyl groups is 1. The van der Waals surface area contributed by atoms with Crippen molar-refractivity contribution in [3.63, 3.8) is 0 Å². The second kappa shape index (κ2) is 5.10. The van der Waals surface area contributed by atoms with Crippen molar-refractivity contribution in [3.05, 3.63) is 58.6 Å². The Labute approximate surface area is 110 Å². The smallest absolute Gasteiger partial charge is 0.256 e. The number of phenols is 1. The molecule has 2 aromatic rings. The summed E-state index contributed by atoms with van der Waals surface area (Å²) < 4.78 is 0. The molecule has 4 heteroatoms. The maximum atomic E-state index is 12.1. The molecule has 2 aromatic carbocycles. The zero-order valence-corrected chi connectivity index (χ0v) is 10.5. The van der Waals surface area contributed by atoms with Crippen molar-refractivity contribution in [1.29, 1.82) is 0 Å². The molecule has 0 aliphatic rings. The van der Waals surface area contributed by atoms with Gasteiger partial charge in [-0.15, -0.1) is 0 Å². The Kier molecular flexibility index (Phi) is 3.53. The van der Waals surface area contributed by atoms with Crippen molar-refractivity contribution < 1.29 is 9.90 Å². The van der Waals surface area contributed by atoms with Gasteiger partial charge in [-0.05, 0) is 36.8 Å². The lowest BCUT2D eigenvalue weighted by Gasteiger charge is -2.09. The molecule has 0 aliphatic carbocycles. The summed E-state index contributed by atoms with van der Waals surface area (Å²) in [7, 11) is 0. The molecule has 0 radical (unpaired) electrons. The van der Waals surface area contributed by atoms with Gasteiger partial charge in [-0.2, -0.15) is 0 Å². The van der Waals surface area contributed by atoms with E-state index in [0.29, 0.717) is 21.8 Å². The van der Waals surface area contributed by atoms with E-state index < -0.39 is 0 Å². The SMILES string of the molecule is Cc1c(Cl)cccc1C(=O)Nc1ccccc1O. The first-order valence-electron chi connectivity index (χ1n) is 5.44. The molecule has 0 saturated heterocycles. The first-order valence-corrected chi connectivity index (χ1v) is 5.82. The van der Waals surface area contributed by atoms with Crippen molar-refractivity contribution in [2.24, 2.45) is 0 Å². The van der Waals surface area contributed by atoms with Gasteiger partial charge in [-0.3, -0.25) is 4.79 Å². The molecule has 92 valence electrons. The predicted molar refractivity (Wildman–Crippen MR) is 72.2 cm³/mol. The van der Waals surface area contributed by atoms with E-state index in [-0.39, 0.29) is 11.7 Å². The molecule has 2 N–H and O–H groups in total. The summed E-state index contributed by atoms with van der Waals surface area (Å²) in [6.07, 6.45) is 0. The van der Waals surface area contributed by atoms with Gasteiger partial charge in [0.25, 0.3) is 5.91 Å². The van der Waals surface area contributed by atoms with Crippen molar-refractivity contribution in [3.8, 4) is 5.75 Å². The average Bonchev–Trinajstić information content (AvgIpc) is 2.35. The van der Waals surface area contributed by atoms with E-state index in [1.807, 2.05) is 0 Å². The van der Waals surface area contributed by atoms with Crippen molar-refractivity contribution in [2.45, 2.75) is 6.92 Å². The van der Waals surface area contributed by atoms with Crippen LogP contribution in [0.15, 0.2) is 42.5 Å². The lowest BCUT2D eigenvalue weighted by atomic mass is 10.1. The highest BCUT2D eigenvalue weighted by atomic mass is 35.5. The van der Waals surface area contributed by atoms with Crippen molar-refractivity contribution in [2.75, 3.05) is 5.32 Å². The van der Waals surface area contributed by atoms with Crippen LogP contribution in [0.1, 0.15) is 15.9 Å². The molecule has 0 bridgehead atoms. The number of hydrogen-bond donors (Lipinski definition) is 2.